The van der Waals surface area contributed by atoms with Gasteiger partial charge in [0.05, 0.1) is 17.3 Å². The summed E-state index contributed by atoms with van der Waals surface area (Å²) < 4.78 is 13.1. The molecule has 0 spiro atoms. The zero-order valence-electron chi connectivity index (χ0n) is 8.80. The van der Waals surface area contributed by atoms with Crippen molar-refractivity contribution < 1.29 is 4.21 Å². The van der Waals surface area contributed by atoms with Gasteiger partial charge < -0.3 is 4.57 Å². The standard InChI is InChI=1S/C9H8Cl2N4OS/c1-17(16)9-14-12-5-15(9)4-6-2-7(10)13-8(11)3-6/h2-3,5H,4H2,1H3/t17-/m0/s1. The fourth-order valence-electron chi connectivity index (χ4n) is 1.38. The molecule has 1 atom stereocenters. The SMILES string of the molecule is C[S@](=O)c1nncn1Cc1cc(Cl)nc(Cl)c1. The first-order valence-electron chi connectivity index (χ1n) is 4.59. The number of nitrogens with zero attached hydrogens (tertiary/aromatic N) is 4. The maximum Gasteiger partial charge on any atom is 0.221 e. The highest BCUT2D eigenvalue weighted by Gasteiger charge is 2.09. The second kappa shape index (κ2) is 5.12. The number of hydrogen-bond donors (Lipinski definition) is 0. The lowest BCUT2D eigenvalue weighted by Crippen LogP contribution is -2.05. The third kappa shape index (κ3) is 3.02. The second-order valence-electron chi connectivity index (χ2n) is 3.32. The van der Waals surface area contributed by atoms with E-state index in [9.17, 15) is 4.21 Å². The third-order valence-electron chi connectivity index (χ3n) is 2.01. The van der Waals surface area contributed by atoms with Gasteiger partial charge in [0.1, 0.15) is 16.6 Å². The molecule has 0 fully saturated rings. The predicted molar refractivity (Wildman–Crippen MR) is 65.7 cm³/mol. The Hall–Kier alpha value is -0.980. The van der Waals surface area contributed by atoms with Crippen LogP contribution in [0.25, 0.3) is 0 Å². The van der Waals surface area contributed by atoms with Gasteiger partial charge >= 0.3 is 0 Å². The Morgan fingerprint density at radius 1 is 1.35 bits per heavy atom. The van der Waals surface area contributed by atoms with E-state index in [0.29, 0.717) is 22.0 Å². The number of hydrogen-bond acceptors (Lipinski definition) is 4. The molecule has 0 saturated heterocycles. The maximum absolute atomic E-state index is 11.4. The van der Waals surface area contributed by atoms with Crippen LogP contribution in [0.1, 0.15) is 5.56 Å². The summed E-state index contributed by atoms with van der Waals surface area (Å²) in [4.78, 5) is 3.85. The smallest absolute Gasteiger partial charge is 0.221 e. The molecule has 2 rings (SSSR count). The minimum atomic E-state index is -1.19. The van der Waals surface area contributed by atoms with Gasteiger partial charge in [-0.25, -0.2) is 4.98 Å². The fraction of sp³-hybridized carbons (Fsp3) is 0.222. The molecule has 5 nitrogen and oxygen atoms in total. The summed E-state index contributed by atoms with van der Waals surface area (Å²) >= 11 is 11.6. The highest BCUT2D eigenvalue weighted by molar-refractivity contribution is 7.84. The van der Waals surface area contributed by atoms with Crippen LogP contribution in [0.5, 0.6) is 0 Å². The molecule has 17 heavy (non-hydrogen) atoms. The molecule has 0 N–H and O–H groups in total. The van der Waals surface area contributed by atoms with E-state index in [0.717, 1.165) is 5.56 Å². The molecule has 0 amide bonds. The first kappa shape index (κ1) is 12.5. The van der Waals surface area contributed by atoms with E-state index in [1.807, 2.05) is 0 Å². The molecule has 0 bridgehead atoms. The topological polar surface area (TPSA) is 60.7 Å². The van der Waals surface area contributed by atoms with Crippen LogP contribution in [-0.4, -0.2) is 30.2 Å². The molecule has 8 heteroatoms. The van der Waals surface area contributed by atoms with Crippen LogP contribution in [-0.2, 0) is 17.3 Å². The van der Waals surface area contributed by atoms with Crippen molar-refractivity contribution in [2.24, 2.45) is 0 Å². The van der Waals surface area contributed by atoms with E-state index in [-0.39, 0.29) is 0 Å². The molecule has 0 aliphatic rings. The highest BCUT2D eigenvalue weighted by atomic mass is 35.5. The number of aromatic nitrogens is 4. The molecular formula is C9H8Cl2N4OS. The zero-order valence-corrected chi connectivity index (χ0v) is 11.1. The van der Waals surface area contributed by atoms with Crippen LogP contribution in [0.4, 0.5) is 0 Å². The van der Waals surface area contributed by atoms with Crippen molar-refractivity contribution in [1.82, 2.24) is 19.7 Å². The first-order valence-corrected chi connectivity index (χ1v) is 6.91. The van der Waals surface area contributed by atoms with Gasteiger partial charge in [-0.2, -0.15) is 0 Å². The molecule has 0 aromatic carbocycles. The molecule has 0 aliphatic heterocycles. The molecular weight excluding hydrogens is 283 g/mol. The highest BCUT2D eigenvalue weighted by Crippen LogP contribution is 2.16. The summed E-state index contributed by atoms with van der Waals surface area (Å²) in [7, 11) is -1.19. The monoisotopic (exact) mass is 290 g/mol. The average molecular weight is 291 g/mol. The van der Waals surface area contributed by atoms with Crippen molar-refractivity contribution in [2.45, 2.75) is 11.7 Å². The summed E-state index contributed by atoms with van der Waals surface area (Å²) in [5.74, 6) is 0. The Morgan fingerprint density at radius 2 is 2.00 bits per heavy atom. The quantitative estimate of drug-likeness (QED) is 0.809. The molecule has 2 aromatic rings. The van der Waals surface area contributed by atoms with Gasteiger partial charge in [-0.3, -0.25) is 4.21 Å². The van der Waals surface area contributed by atoms with Gasteiger partial charge in [-0.15, -0.1) is 10.2 Å². The van der Waals surface area contributed by atoms with Gasteiger partial charge in [0.2, 0.25) is 5.16 Å². The molecule has 0 saturated carbocycles. The Bertz CT molecular complexity index is 552. The lowest BCUT2D eigenvalue weighted by Gasteiger charge is -2.05. The van der Waals surface area contributed by atoms with Crippen LogP contribution in [0.2, 0.25) is 10.3 Å². The summed E-state index contributed by atoms with van der Waals surface area (Å²) in [5.41, 5.74) is 0.849. The summed E-state index contributed by atoms with van der Waals surface area (Å²) in [6.07, 6.45) is 3.06. The van der Waals surface area contributed by atoms with Gasteiger partial charge in [0.25, 0.3) is 0 Å². The van der Waals surface area contributed by atoms with E-state index in [1.165, 1.54) is 6.33 Å². The Morgan fingerprint density at radius 3 is 2.59 bits per heavy atom. The minimum Gasteiger partial charge on any atom is -0.302 e. The molecule has 2 aromatic heterocycles. The largest absolute Gasteiger partial charge is 0.302 e. The fourth-order valence-corrected chi connectivity index (χ4v) is 2.49. The minimum absolute atomic E-state index is 0.319. The van der Waals surface area contributed by atoms with Crippen LogP contribution < -0.4 is 0 Å². The van der Waals surface area contributed by atoms with Crippen molar-refractivity contribution in [1.29, 1.82) is 0 Å². The predicted octanol–water partition coefficient (Wildman–Crippen LogP) is 1.77. The van der Waals surface area contributed by atoms with E-state index in [2.05, 4.69) is 15.2 Å². The maximum atomic E-state index is 11.4. The zero-order chi connectivity index (χ0) is 12.4. The van der Waals surface area contributed by atoms with Crippen molar-refractivity contribution in [2.75, 3.05) is 6.26 Å². The molecule has 2 heterocycles. The summed E-state index contributed by atoms with van der Waals surface area (Å²) in [6.45, 7) is 0.448. The van der Waals surface area contributed by atoms with E-state index in [4.69, 9.17) is 23.2 Å². The van der Waals surface area contributed by atoms with Crippen LogP contribution in [0.3, 0.4) is 0 Å². The third-order valence-corrected chi connectivity index (χ3v) is 3.23. The second-order valence-corrected chi connectivity index (χ2v) is 5.36. The lowest BCUT2D eigenvalue weighted by atomic mass is 10.3. The lowest BCUT2D eigenvalue weighted by molar-refractivity contribution is 0.653. The van der Waals surface area contributed by atoms with Gasteiger partial charge in [-0.1, -0.05) is 23.2 Å². The Kier molecular flexibility index (Phi) is 3.76. The molecule has 0 radical (unpaired) electrons. The van der Waals surface area contributed by atoms with Crippen LogP contribution in [0.15, 0.2) is 23.6 Å². The van der Waals surface area contributed by atoms with E-state index >= 15 is 0 Å². The first-order chi connectivity index (χ1) is 8.06. The van der Waals surface area contributed by atoms with Gasteiger partial charge in [-0.05, 0) is 17.7 Å². The van der Waals surface area contributed by atoms with E-state index < -0.39 is 10.8 Å². The summed E-state index contributed by atoms with van der Waals surface area (Å²) in [6, 6.07) is 3.38. The van der Waals surface area contributed by atoms with Crippen molar-refractivity contribution in [3.05, 3.63) is 34.3 Å². The number of pyridine rings is 1. The normalized spacial score (nSPS) is 12.6. The van der Waals surface area contributed by atoms with Crippen LogP contribution in [0, 0.1) is 0 Å². The van der Waals surface area contributed by atoms with Crippen LogP contribution >= 0.6 is 23.2 Å². The number of rotatable bonds is 3. The van der Waals surface area contributed by atoms with Crippen molar-refractivity contribution in [3.63, 3.8) is 0 Å². The number of halogens is 2. The summed E-state index contributed by atoms with van der Waals surface area (Å²) in [5, 5.41) is 8.56. The molecule has 0 unspecified atom stereocenters. The average Bonchev–Trinajstić information content (AvgIpc) is 2.63. The Balaban J connectivity index is 2.31. The van der Waals surface area contributed by atoms with Gasteiger partial charge in [0.15, 0.2) is 0 Å². The Labute approximate surface area is 110 Å². The van der Waals surface area contributed by atoms with E-state index in [1.54, 1.807) is 23.0 Å². The van der Waals surface area contributed by atoms with Crippen molar-refractivity contribution in [3.8, 4) is 0 Å². The van der Waals surface area contributed by atoms with Crippen molar-refractivity contribution >= 4 is 34.0 Å². The van der Waals surface area contributed by atoms with Gasteiger partial charge in [0, 0.05) is 6.26 Å². The molecule has 90 valence electrons. The molecule has 0 aliphatic carbocycles.